The van der Waals surface area contributed by atoms with E-state index in [2.05, 4.69) is 29.8 Å². The van der Waals surface area contributed by atoms with Crippen molar-refractivity contribution in [2.45, 2.75) is 45.4 Å². The van der Waals surface area contributed by atoms with Crippen LogP contribution in [-0.4, -0.2) is 9.30 Å². The summed E-state index contributed by atoms with van der Waals surface area (Å²) >= 11 is -1.02. The van der Waals surface area contributed by atoms with Gasteiger partial charge in [0.05, 0.1) is 6.04 Å². The fraction of sp³-hybridized carbons (Fsp3) is 0.538. The van der Waals surface area contributed by atoms with Crippen molar-refractivity contribution in [3.63, 3.8) is 0 Å². The number of hydrogen-bond donors (Lipinski definition) is 1. The standard InChI is InChI=1S/C13H21NOS/c1-10-7-6-8-12(9-10)11(2)14-16(15)13(3,4)5/h6-9,11,14H,1-5H3/t11-,16-/m1/s1. The summed E-state index contributed by atoms with van der Waals surface area (Å²) in [4.78, 5) is 0. The van der Waals surface area contributed by atoms with E-state index in [0.717, 1.165) is 0 Å². The Hall–Kier alpha value is -0.510. The van der Waals surface area contributed by atoms with Crippen LogP contribution in [0, 0.1) is 6.92 Å². The number of aryl methyl sites for hydroxylation is 1. The minimum absolute atomic E-state index is 0.111. The molecular formula is C13H21NOS. The Balaban J connectivity index is 2.69. The summed E-state index contributed by atoms with van der Waals surface area (Å²) in [5.41, 5.74) is 2.41. The van der Waals surface area contributed by atoms with Crippen LogP contribution in [0.5, 0.6) is 0 Å². The first-order valence-electron chi connectivity index (χ1n) is 5.55. The smallest absolute Gasteiger partial charge is 0.136 e. The summed E-state index contributed by atoms with van der Waals surface area (Å²) in [6.45, 7) is 10.0. The third-order valence-corrected chi connectivity index (χ3v) is 4.06. The summed E-state index contributed by atoms with van der Waals surface area (Å²) in [6, 6.07) is 8.39. The monoisotopic (exact) mass is 239 g/mol. The van der Waals surface area contributed by atoms with E-state index in [1.165, 1.54) is 11.1 Å². The van der Waals surface area contributed by atoms with Crippen molar-refractivity contribution in [1.82, 2.24) is 4.72 Å². The summed E-state index contributed by atoms with van der Waals surface area (Å²) < 4.78 is 14.8. The molecule has 0 aliphatic carbocycles. The molecule has 0 bridgehead atoms. The fourth-order valence-corrected chi connectivity index (χ4v) is 2.16. The molecule has 0 fully saturated rings. The van der Waals surface area contributed by atoms with E-state index in [4.69, 9.17) is 0 Å². The topological polar surface area (TPSA) is 35.1 Å². The van der Waals surface area contributed by atoms with Crippen molar-refractivity contribution in [2.24, 2.45) is 0 Å². The second-order valence-corrected chi connectivity index (χ2v) is 7.13. The van der Waals surface area contributed by atoms with Crippen molar-refractivity contribution < 1.29 is 4.55 Å². The predicted octanol–water partition coefficient (Wildman–Crippen LogP) is 3.11. The van der Waals surface area contributed by atoms with Gasteiger partial charge in [0.15, 0.2) is 0 Å². The van der Waals surface area contributed by atoms with Crippen LogP contribution in [0.25, 0.3) is 0 Å². The maximum atomic E-state index is 11.9. The van der Waals surface area contributed by atoms with Gasteiger partial charge in [0.2, 0.25) is 0 Å². The second-order valence-electron chi connectivity index (χ2n) is 5.13. The van der Waals surface area contributed by atoms with Gasteiger partial charge in [-0.3, -0.25) is 0 Å². The molecule has 90 valence electrons. The molecule has 0 aliphatic rings. The molecule has 1 aromatic carbocycles. The van der Waals surface area contributed by atoms with Gasteiger partial charge in [0, 0.05) is 11.4 Å². The van der Waals surface area contributed by atoms with Gasteiger partial charge in [-0.15, -0.1) is 4.72 Å². The molecule has 2 nitrogen and oxygen atoms in total. The number of nitrogens with one attached hydrogen (secondary N) is 1. The zero-order valence-corrected chi connectivity index (χ0v) is 11.5. The lowest BCUT2D eigenvalue weighted by molar-refractivity contribution is 0.531. The zero-order chi connectivity index (χ0) is 12.3. The van der Waals surface area contributed by atoms with E-state index < -0.39 is 11.4 Å². The number of hydrogen-bond acceptors (Lipinski definition) is 2. The van der Waals surface area contributed by atoms with Crippen LogP contribution in [0.3, 0.4) is 0 Å². The first-order chi connectivity index (χ1) is 7.30. The van der Waals surface area contributed by atoms with Crippen LogP contribution in [-0.2, 0) is 11.4 Å². The van der Waals surface area contributed by atoms with Crippen LogP contribution in [0.15, 0.2) is 24.3 Å². The van der Waals surface area contributed by atoms with Crippen molar-refractivity contribution in [1.29, 1.82) is 0 Å². The Morgan fingerprint density at radius 3 is 2.44 bits per heavy atom. The molecule has 1 aromatic rings. The van der Waals surface area contributed by atoms with E-state index in [-0.39, 0.29) is 10.8 Å². The van der Waals surface area contributed by atoms with Gasteiger partial charge in [-0.05, 0) is 40.2 Å². The van der Waals surface area contributed by atoms with Crippen molar-refractivity contribution in [3.05, 3.63) is 35.4 Å². The summed E-state index contributed by atoms with van der Waals surface area (Å²) in [5, 5.41) is 0. The highest BCUT2D eigenvalue weighted by molar-refractivity contribution is 7.90. The molecule has 0 aromatic heterocycles. The van der Waals surface area contributed by atoms with Gasteiger partial charge in [0.25, 0.3) is 0 Å². The van der Waals surface area contributed by atoms with Gasteiger partial charge in [-0.25, -0.2) is 0 Å². The minimum atomic E-state index is -1.02. The molecule has 1 rings (SSSR count). The van der Waals surface area contributed by atoms with Gasteiger partial charge < -0.3 is 4.55 Å². The molecule has 3 heteroatoms. The van der Waals surface area contributed by atoms with E-state index >= 15 is 0 Å². The summed E-state index contributed by atoms with van der Waals surface area (Å²) in [7, 11) is 0. The largest absolute Gasteiger partial charge is 0.598 e. The third-order valence-electron chi connectivity index (χ3n) is 2.38. The van der Waals surface area contributed by atoms with Crippen molar-refractivity contribution >= 4 is 11.4 Å². The molecule has 0 saturated heterocycles. The highest BCUT2D eigenvalue weighted by atomic mass is 32.2. The van der Waals surface area contributed by atoms with Gasteiger partial charge >= 0.3 is 0 Å². The number of benzene rings is 1. The van der Waals surface area contributed by atoms with E-state index in [9.17, 15) is 4.55 Å². The Morgan fingerprint density at radius 1 is 1.31 bits per heavy atom. The predicted molar refractivity (Wildman–Crippen MR) is 70.6 cm³/mol. The highest BCUT2D eigenvalue weighted by Crippen LogP contribution is 2.20. The van der Waals surface area contributed by atoms with Crippen molar-refractivity contribution in [3.8, 4) is 0 Å². The molecule has 0 heterocycles. The molecular weight excluding hydrogens is 218 g/mol. The average Bonchev–Trinajstić information content (AvgIpc) is 2.16. The molecule has 2 atom stereocenters. The molecule has 0 radical (unpaired) electrons. The Labute approximate surface area is 102 Å². The normalized spacial score (nSPS) is 15.9. The molecule has 0 spiro atoms. The maximum Gasteiger partial charge on any atom is 0.136 e. The average molecular weight is 239 g/mol. The lowest BCUT2D eigenvalue weighted by Crippen LogP contribution is -2.40. The second kappa shape index (κ2) is 5.21. The Kier molecular flexibility index (Phi) is 4.42. The maximum absolute atomic E-state index is 11.9. The van der Waals surface area contributed by atoms with Crippen LogP contribution in [0.1, 0.15) is 44.9 Å². The lowest BCUT2D eigenvalue weighted by Gasteiger charge is -2.26. The Bertz CT molecular complexity index is 346. The first kappa shape index (κ1) is 13.6. The summed E-state index contributed by atoms with van der Waals surface area (Å²) in [6.07, 6.45) is 0. The minimum Gasteiger partial charge on any atom is -0.598 e. The quantitative estimate of drug-likeness (QED) is 0.823. The van der Waals surface area contributed by atoms with Gasteiger partial charge in [-0.2, -0.15) is 0 Å². The molecule has 0 unspecified atom stereocenters. The van der Waals surface area contributed by atoms with Crippen LogP contribution in [0.2, 0.25) is 0 Å². The molecule has 0 saturated carbocycles. The summed E-state index contributed by atoms with van der Waals surface area (Å²) in [5.74, 6) is 0. The fourth-order valence-electron chi connectivity index (χ4n) is 1.34. The van der Waals surface area contributed by atoms with Crippen molar-refractivity contribution in [2.75, 3.05) is 0 Å². The highest BCUT2D eigenvalue weighted by Gasteiger charge is 2.28. The van der Waals surface area contributed by atoms with Gasteiger partial charge in [0.1, 0.15) is 4.75 Å². The van der Waals surface area contributed by atoms with Crippen LogP contribution < -0.4 is 4.72 Å². The third kappa shape index (κ3) is 3.81. The molecule has 0 amide bonds. The van der Waals surface area contributed by atoms with Crippen LogP contribution >= 0.6 is 0 Å². The zero-order valence-electron chi connectivity index (χ0n) is 10.7. The lowest BCUT2D eigenvalue weighted by atomic mass is 10.1. The van der Waals surface area contributed by atoms with E-state index in [1.807, 2.05) is 33.8 Å². The van der Waals surface area contributed by atoms with Crippen LogP contribution in [0.4, 0.5) is 0 Å². The van der Waals surface area contributed by atoms with E-state index in [0.29, 0.717) is 0 Å². The molecule has 1 N–H and O–H groups in total. The molecule has 16 heavy (non-hydrogen) atoms. The van der Waals surface area contributed by atoms with Gasteiger partial charge in [-0.1, -0.05) is 29.8 Å². The number of rotatable bonds is 3. The molecule has 0 aliphatic heterocycles. The Morgan fingerprint density at radius 2 is 1.94 bits per heavy atom. The van der Waals surface area contributed by atoms with E-state index in [1.54, 1.807) is 0 Å². The SMILES string of the molecule is Cc1cccc([C@@H](C)N[S@+]([O-])C(C)(C)C)c1. The first-order valence-corrected chi connectivity index (χ1v) is 6.70.